The maximum Gasteiger partial charge on any atom is 0.338 e. The van der Waals surface area contributed by atoms with Crippen molar-refractivity contribution in [3.05, 3.63) is 72.6 Å². The minimum atomic E-state index is -1.09. The number of hydrogen-bond donors (Lipinski definition) is 1. The molecule has 3 rings (SSSR count). The van der Waals surface area contributed by atoms with Crippen LogP contribution in [0.5, 0.6) is 0 Å². The number of carbonyl (C=O) groups excluding carboxylic acids is 2. The lowest BCUT2D eigenvalue weighted by Crippen LogP contribution is -2.30. The largest absolute Gasteiger partial charge is 0.449 e. The third kappa shape index (κ3) is 3.92. The normalized spacial score (nSPS) is 11.6. The number of nitrogens with zero attached hydrogens (tertiary/aromatic N) is 3. The molecule has 0 aliphatic carbocycles. The first-order valence-corrected chi connectivity index (χ1v) is 7.76. The molecule has 26 heavy (non-hydrogen) atoms. The zero-order valence-corrected chi connectivity index (χ0v) is 13.8. The molecule has 0 aliphatic heterocycles. The second kappa shape index (κ2) is 7.56. The standard InChI is InChI=1S/C18H15FN4O3/c1-12(17(24)22-16-5-3-2-4-15(16)19)26-18(25)13-6-8-14(9-7-13)23-11-20-10-21-23/h2-12H,1H3,(H,22,24)/t12-/m1/s1. The molecule has 3 aromatic rings. The van der Waals surface area contributed by atoms with Crippen LogP contribution in [0.25, 0.3) is 5.69 Å². The molecule has 7 nitrogen and oxygen atoms in total. The first-order valence-electron chi connectivity index (χ1n) is 7.76. The van der Waals surface area contributed by atoms with Crippen molar-refractivity contribution < 1.29 is 18.7 Å². The van der Waals surface area contributed by atoms with Gasteiger partial charge in [-0.15, -0.1) is 0 Å². The van der Waals surface area contributed by atoms with Crippen molar-refractivity contribution in [3.63, 3.8) is 0 Å². The SMILES string of the molecule is C[C@@H](OC(=O)c1ccc(-n2cncn2)cc1)C(=O)Nc1ccccc1F. The van der Waals surface area contributed by atoms with Crippen molar-refractivity contribution in [3.8, 4) is 5.69 Å². The third-order valence-corrected chi connectivity index (χ3v) is 3.57. The van der Waals surface area contributed by atoms with Crippen LogP contribution in [-0.2, 0) is 9.53 Å². The lowest BCUT2D eigenvalue weighted by Gasteiger charge is -2.14. The number of para-hydroxylation sites is 1. The molecule has 0 saturated heterocycles. The molecule has 0 fully saturated rings. The van der Waals surface area contributed by atoms with Crippen LogP contribution in [0.3, 0.4) is 0 Å². The van der Waals surface area contributed by atoms with Crippen molar-refractivity contribution in [2.24, 2.45) is 0 Å². The Hall–Kier alpha value is -3.55. The number of rotatable bonds is 5. The number of ether oxygens (including phenoxy) is 1. The number of nitrogens with one attached hydrogen (secondary N) is 1. The highest BCUT2D eigenvalue weighted by Crippen LogP contribution is 2.14. The zero-order valence-electron chi connectivity index (χ0n) is 13.8. The van der Waals surface area contributed by atoms with Crippen molar-refractivity contribution >= 4 is 17.6 Å². The second-order valence-electron chi connectivity index (χ2n) is 5.40. The molecule has 1 aromatic heterocycles. The van der Waals surface area contributed by atoms with Crippen molar-refractivity contribution in [1.29, 1.82) is 0 Å². The van der Waals surface area contributed by atoms with E-state index < -0.39 is 23.8 Å². The smallest absolute Gasteiger partial charge is 0.338 e. The number of esters is 1. The molecule has 1 heterocycles. The predicted molar refractivity (Wildman–Crippen MR) is 91.3 cm³/mol. The number of carbonyl (C=O) groups is 2. The fourth-order valence-electron chi connectivity index (χ4n) is 2.17. The summed E-state index contributed by atoms with van der Waals surface area (Å²) in [5.41, 5.74) is 1.03. The van der Waals surface area contributed by atoms with Crippen LogP contribution in [0, 0.1) is 5.82 Å². The van der Waals surface area contributed by atoms with Crippen LogP contribution in [0.4, 0.5) is 10.1 Å². The average molecular weight is 354 g/mol. The highest BCUT2D eigenvalue weighted by atomic mass is 19.1. The number of hydrogen-bond acceptors (Lipinski definition) is 5. The number of amides is 1. The van der Waals surface area contributed by atoms with E-state index in [2.05, 4.69) is 15.4 Å². The summed E-state index contributed by atoms with van der Waals surface area (Å²) < 4.78 is 20.2. The van der Waals surface area contributed by atoms with Gasteiger partial charge in [-0.25, -0.2) is 18.9 Å². The summed E-state index contributed by atoms with van der Waals surface area (Å²) in [6.45, 7) is 1.41. The van der Waals surface area contributed by atoms with Gasteiger partial charge < -0.3 is 10.1 Å². The summed E-state index contributed by atoms with van der Waals surface area (Å²) in [6.07, 6.45) is 1.85. The van der Waals surface area contributed by atoms with Crippen LogP contribution in [-0.4, -0.2) is 32.7 Å². The first-order chi connectivity index (χ1) is 12.5. The van der Waals surface area contributed by atoms with Gasteiger partial charge in [0.05, 0.1) is 16.9 Å². The Morgan fingerprint density at radius 2 is 1.88 bits per heavy atom. The Bertz CT molecular complexity index is 910. The van der Waals surface area contributed by atoms with E-state index in [-0.39, 0.29) is 11.3 Å². The van der Waals surface area contributed by atoms with Gasteiger partial charge in [-0.2, -0.15) is 5.10 Å². The van der Waals surface area contributed by atoms with Crippen molar-refractivity contribution in [2.75, 3.05) is 5.32 Å². The van der Waals surface area contributed by atoms with E-state index in [9.17, 15) is 14.0 Å². The summed E-state index contributed by atoms with van der Waals surface area (Å²) in [6, 6.07) is 12.2. The molecule has 132 valence electrons. The van der Waals surface area contributed by atoms with Crippen LogP contribution < -0.4 is 5.32 Å². The highest BCUT2D eigenvalue weighted by Gasteiger charge is 2.20. The Labute approximate surface area is 148 Å². The van der Waals surface area contributed by atoms with Gasteiger partial charge in [0, 0.05) is 0 Å². The van der Waals surface area contributed by atoms with E-state index in [0.717, 1.165) is 5.69 Å². The zero-order chi connectivity index (χ0) is 18.5. The lowest BCUT2D eigenvalue weighted by atomic mass is 10.2. The van der Waals surface area contributed by atoms with Gasteiger partial charge in [0.2, 0.25) is 0 Å². The molecule has 8 heteroatoms. The molecular formula is C18H15FN4O3. The van der Waals surface area contributed by atoms with Gasteiger partial charge >= 0.3 is 5.97 Å². The van der Waals surface area contributed by atoms with E-state index in [1.165, 1.54) is 37.8 Å². The minimum absolute atomic E-state index is 0.0255. The van der Waals surface area contributed by atoms with Gasteiger partial charge in [0.1, 0.15) is 18.5 Å². The van der Waals surface area contributed by atoms with E-state index in [1.54, 1.807) is 35.0 Å². The quantitative estimate of drug-likeness (QED) is 0.712. The monoisotopic (exact) mass is 354 g/mol. The molecule has 1 amide bonds. The van der Waals surface area contributed by atoms with Crippen LogP contribution in [0.1, 0.15) is 17.3 Å². The molecule has 0 unspecified atom stereocenters. The molecule has 1 N–H and O–H groups in total. The van der Waals surface area contributed by atoms with Gasteiger partial charge in [-0.1, -0.05) is 12.1 Å². The fraction of sp³-hybridized carbons (Fsp3) is 0.111. The number of aromatic nitrogens is 3. The molecule has 1 atom stereocenters. The summed E-state index contributed by atoms with van der Waals surface area (Å²) in [5, 5.41) is 6.37. The van der Waals surface area contributed by atoms with E-state index in [1.807, 2.05) is 0 Å². The van der Waals surface area contributed by atoms with Gasteiger partial charge in [0.15, 0.2) is 6.10 Å². The average Bonchev–Trinajstić information content (AvgIpc) is 3.18. The summed E-state index contributed by atoms with van der Waals surface area (Å²) in [7, 11) is 0. The number of benzene rings is 2. The summed E-state index contributed by atoms with van der Waals surface area (Å²) >= 11 is 0. The van der Waals surface area contributed by atoms with Gasteiger partial charge in [-0.05, 0) is 43.3 Å². The summed E-state index contributed by atoms with van der Waals surface area (Å²) in [5.74, 6) is -1.85. The predicted octanol–water partition coefficient (Wildman–Crippen LogP) is 2.59. The van der Waals surface area contributed by atoms with Gasteiger partial charge in [0.25, 0.3) is 5.91 Å². The molecule has 0 radical (unpaired) electrons. The maximum atomic E-state index is 13.6. The molecule has 0 aliphatic rings. The Balaban J connectivity index is 1.61. The summed E-state index contributed by atoms with van der Waals surface area (Å²) in [4.78, 5) is 28.1. The molecule has 2 aromatic carbocycles. The van der Waals surface area contributed by atoms with Crippen molar-refractivity contribution in [1.82, 2.24) is 14.8 Å². The van der Waals surface area contributed by atoms with E-state index in [0.29, 0.717) is 0 Å². The Morgan fingerprint density at radius 1 is 1.15 bits per heavy atom. The molecular weight excluding hydrogens is 339 g/mol. The highest BCUT2D eigenvalue weighted by molar-refractivity contribution is 5.97. The topological polar surface area (TPSA) is 86.1 Å². The number of halogens is 1. The van der Waals surface area contributed by atoms with Crippen LogP contribution in [0.2, 0.25) is 0 Å². The Morgan fingerprint density at radius 3 is 2.54 bits per heavy atom. The van der Waals surface area contributed by atoms with E-state index >= 15 is 0 Å². The van der Waals surface area contributed by atoms with Crippen LogP contribution in [0.15, 0.2) is 61.2 Å². The molecule has 0 bridgehead atoms. The van der Waals surface area contributed by atoms with Crippen molar-refractivity contribution in [2.45, 2.75) is 13.0 Å². The third-order valence-electron chi connectivity index (χ3n) is 3.57. The van der Waals surface area contributed by atoms with E-state index in [4.69, 9.17) is 4.74 Å². The second-order valence-corrected chi connectivity index (χ2v) is 5.40. The first kappa shape index (κ1) is 17.3. The maximum absolute atomic E-state index is 13.6. The van der Waals surface area contributed by atoms with Gasteiger partial charge in [-0.3, -0.25) is 4.79 Å². The fourth-order valence-corrected chi connectivity index (χ4v) is 2.17. The molecule has 0 saturated carbocycles. The minimum Gasteiger partial charge on any atom is -0.449 e. The number of anilines is 1. The Kier molecular flexibility index (Phi) is 5.02. The lowest BCUT2D eigenvalue weighted by molar-refractivity contribution is -0.123. The molecule has 0 spiro atoms. The van der Waals surface area contributed by atoms with Crippen LogP contribution >= 0.6 is 0 Å².